The van der Waals surface area contributed by atoms with E-state index in [9.17, 15) is 19.7 Å². The first-order valence-corrected chi connectivity index (χ1v) is 11.2. The van der Waals surface area contributed by atoms with E-state index in [2.05, 4.69) is 6.92 Å². The van der Waals surface area contributed by atoms with Gasteiger partial charge in [-0.15, -0.1) is 0 Å². The molecule has 0 bridgehead atoms. The molecule has 2 heterocycles. The monoisotopic (exact) mass is 450 g/mol. The van der Waals surface area contributed by atoms with E-state index in [0.29, 0.717) is 23.6 Å². The number of aromatic nitrogens is 2. The molecule has 1 aliphatic heterocycles. The Morgan fingerprint density at radius 3 is 2.67 bits per heavy atom. The number of non-ortho nitro benzene ring substituents is 1. The lowest BCUT2D eigenvalue weighted by Gasteiger charge is -2.37. The van der Waals surface area contributed by atoms with E-state index in [-0.39, 0.29) is 12.3 Å². The number of anilines is 1. The molecule has 1 amide bonds. The van der Waals surface area contributed by atoms with Gasteiger partial charge in [-0.25, -0.2) is 4.98 Å². The van der Waals surface area contributed by atoms with E-state index >= 15 is 0 Å². The average Bonchev–Trinajstić information content (AvgIpc) is 3.19. The van der Waals surface area contributed by atoms with Crippen LogP contribution >= 0.6 is 0 Å². The predicted molar refractivity (Wildman–Crippen MR) is 123 cm³/mol. The van der Waals surface area contributed by atoms with Gasteiger partial charge in [0.15, 0.2) is 5.92 Å². The number of hydrogen-bond donors (Lipinski definition) is 0. The average molecular weight is 450 g/mol. The normalized spacial score (nSPS) is 17.8. The van der Waals surface area contributed by atoms with Gasteiger partial charge in [-0.1, -0.05) is 44.0 Å². The third-order valence-electron chi connectivity index (χ3n) is 5.89. The van der Waals surface area contributed by atoms with E-state index in [0.717, 1.165) is 24.8 Å². The highest BCUT2D eigenvalue weighted by Gasteiger charge is 2.47. The van der Waals surface area contributed by atoms with Gasteiger partial charge in [-0.05, 0) is 31.0 Å². The van der Waals surface area contributed by atoms with Crippen LogP contribution in [0.25, 0.3) is 11.0 Å². The number of nitro groups is 1. The summed E-state index contributed by atoms with van der Waals surface area (Å²) in [5.41, 5.74) is 1.79. The van der Waals surface area contributed by atoms with Crippen LogP contribution in [0.4, 0.5) is 11.6 Å². The summed E-state index contributed by atoms with van der Waals surface area (Å²) in [6.07, 6.45) is 2.68. The summed E-state index contributed by atoms with van der Waals surface area (Å²) in [4.78, 5) is 44.1. The van der Waals surface area contributed by atoms with E-state index in [1.807, 2.05) is 28.8 Å². The molecule has 4 rings (SSSR count). The number of rotatable bonds is 8. The minimum Gasteiger partial charge on any atom is -0.465 e. The Balaban J connectivity index is 1.96. The largest absolute Gasteiger partial charge is 0.465 e. The summed E-state index contributed by atoms with van der Waals surface area (Å²) in [5.74, 6) is -1.79. The van der Waals surface area contributed by atoms with Crippen molar-refractivity contribution in [2.45, 2.75) is 39.2 Å². The number of nitrogens with zero attached hydrogens (tertiary/aromatic N) is 4. The van der Waals surface area contributed by atoms with Gasteiger partial charge in [0.25, 0.3) is 5.69 Å². The van der Waals surface area contributed by atoms with Crippen molar-refractivity contribution in [3.63, 3.8) is 0 Å². The number of benzene rings is 2. The quantitative estimate of drug-likeness (QED) is 0.167. The molecule has 0 radical (unpaired) electrons. The van der Waals surface area contributed by atoms with Gasteiger partial charge >= 0.3 is 5.97 Å². The zero-order chi connectivity index (χ0) is 23.5. The number of esters is 1. The molecular formula is C24H26N4O5. The molecule has 0 fully saturated rings. The second-order valence-electron chi connectivity index (χ2n) is 7.99. The SMILES string of the molecule is CCCCCN1C(=O)[C@H](C(=O)OCC)[C@H](c2cccc([N+](=O)[O-])c2)n2c1nc1ccccc12. The first-order valence-electron chi connectivity index (χ1n) is 11.2. The van der Waals surface area contributed by atoms with Gasteiger partial charge in [0.05, 0.1) is 28.6 Å². The molecule has 1 aromatic heterocycles. The van der Waals surface area contributed by atoms with Crippen molar-refractivity contribution in [3.8, 4) is 0 Å². The number of amides is 1. The lowest BCUT2D eigenvalue weighted by atomic mass is 9.89. The maximum Gasteiger partial charge on any atom is 0.321 e. The molecule has 0 spiro atoms. The molecule has 2 aromatic carbocycles. The lowest BCUT2D eigenvalue weighted by molar-refractivity contribution is -0.384. The van der Waals surface area contributed by atoms with Crippen LogP contribution in [0.5, 0.6) is 0 Å². The Kier molecular flexibility index (Phi) is 6.39. The fourth-order valence-corrected chi connectivity index (χ4v) is 4.40. The number of imidazole rings is 1. The van der Waals surface area contributed by atoms with Crippen molar-refractivity contribution in [1.29, 1.82) is 0 Å². The van der Waals surface area contributed by atoms with Crippen LogP contribution in [-0.2, 0) is 14.3 Å². The van der Waals surface area contributed by atoms with Gasteiger partial charge < -0.3 is 9.30 Å². The van der Waals surface area contributed by atoms with Crippen molar-refractivity contribution in [3.05, 3.63) is 64.2 Å². The number of carbonyl (C=O) groups is 2. The molecule has 3 aromatic rings. The van der Waals surface area contributed by atoms with E-state index in [1.165, 1.54) is 12.1 Å². The zero-order valence-electron chi connectivity index (χ0n) is 18.6. The number of ether oxygens (including phenoxy) is 1. The fraction of sp³-hybridized carbons (Fsp3) is 0.375. The molecule has 0 unspecified atom stereocenters. The minimum atomic E-state index is -1.18. The topological polar surface area (TPSA) is 108 Å². The van der Waals surface area contributed by atoms with Crippen LogP contribution < -0.4 is 4.90 Å². The Hall–Kier alpha value is -3.75. The maximum atomic E-state index is 13.7. The predicted octanol–water partition coefficient (Wildman–Crippen LogP) is 4.25. The van der Waals surface area contributed by atoms with Crippen molar-refractivity contribution < 1.29 is 19.2 Å². The smallest absolute Gasteiger partial charge is 0.321 e. The number of fused-ring (bicyclic) bond motifs is 3. The summed E-state index contributed by atoms with van der Waals surface area (Å²) >= 11 is 0. The third-order valence-corrected chi connectivity index (χ3v) is 5.89. The number of nitro benzene ring substituents is 1. The van der Waals surface area contributed by atoms with Gasteiger partial charge in [0.2, 0.25) is 11.9 Å². The van der Waals surface area contributed by atoms with Gasteiger partial charge in [0, 0.05) is 18.7 Å². The van der Waals surface area contributed by atoms with Crippen LogP contribution in [0.2, 0.25) is 0 Å². The molecule has 0 aliphatic carbocycles. The first kappa shape index (κ1) is 22.4. The lowest BCUT2D eigenvalue weighted by Crippen LogP contribution is -2.50. The highest BCUT2D eigenvalue weighted by molar-refractivity contribution is 6.08. The molecule has 33 heavy (non-hydrogen) atoms. The van der Waals surface area contributed by atoms with Crippen LogP contribution in [0.15, 0.2) is 48.5 Å². The molecule has 9 nitrogen and oxygen atoms in total. The molecule has 0 N–H and O–H groups in total. The molecular weight excluding hydrogens is 424 g/mol. The molecule has 9 heteroatoms. The molecule has 1 aliphatic rings. The van der Waals surface area contributed by atoms with E-state index < -0.39 is 28.8 Å². The molecule has 0 saturated carbocycles. The Bertz CT molecular complexity index is 1200. The summed E-state index contributed by atoms with van der Waals surface area (Å²) < 4.78 is 7.16. The Morgan fingerprint density at radius 2 is 1.94 bits per heavy atom. The second kappa shape index (κ2) is 9.40. The van der Waals surface area contributed by atoms with E-state index in [1.54, 1.807) is 24.0 Å². The standard InChI is InChI=1S/C24H26N4O5/c1-3-5-8-14-26-22(29)20(23(30)33-4-2)21(16-10-9-11-17(15-16)28(31)32)27-19-13-7-6-12-18(19)25-24(26)27/h6-7,9-13,15,20-21H,3-5,8,14H2,1-2H3/t20-,21+/m1/s1. The van der Waals surface area contributed by atoms with Crippen LogP contribution in [0.3, 0.4) is 0 Å². The number of unbranched alkanes of at least 4 members (excludes halogenated alkanes) is 2. The molecule has 2 atom stereocenters. The van der Waals surface area contributed by atoms with Crippen molar-refractivity contribution in [1.82, 2.24) is 9.55 Å². The van der Waals surface area contributed by atoms with Crippen molar-refractivity contribution in [2.24, 2.45) is 5.92 Å². The minimum absolute atomic E-state index is 0.112. The zero-order valence-corrected chi connectivity index (χ0v) is 18.6. The van der Waals surface area contributed by atoms with Crippen molar-refractivity contribution in [2.75, 3.05) is 18.1 Å². The van der Waals surface area contributed by atoms with E-state index in [4.69, 9.17) is 9.72 Å². The van der Waals surface area contributed by atoms with Crippen LogP contribution in [-0.4, -0.2) is 39.5 Å². The van der Waals surface area contributed by atoms with Gasteiger partial charge in [0.1, 0.15) is 0 Å². The number of hydrogen-bond acceptors (Lipinski definition) is 6. The highest BCUT2D eigenvalue weighted by atomic mass is 16.6. The molecule has 172 valence electrons. The second-order valence-corrected chi connectivity index (χ2v) is 7.99. The van der Waals surface area contributed by atoms with Gasteiger partial charge in [-0.3, -0.25) is 24.6 Å². The number of carbonyl (C=O) groups excluding carboxylic acids is 2. The van der Waals surface area contributed by atoms with Crippen molar-refractivity contribution >= 4 is 34.5 Å². The number of para-hydroxylation sites is 2. The summed E-state index contributed by atoms with van der Waals surface area (Å²) in [7, 11) is 0. The third kappa shape index (κ3) is 4.06. The summed E-state index contributed by atoms with van der Waals surface area (Å²) in [6.45, 7) is 4.31. The summed E-state index contributed by atoms with van der Waals surface area (Å²) in [6, 6.07) is 12.7. The Morgan fingerprint density at radius 1 is 1.15 bits per heavy atom. The first-order chi connectivity index (χ1) is 16.0. The Labute approximate surface area is 191 Å². The maximum absolute atomic E-state index is 13.7. The van der Waals surface area contributed by atoms with Crippen LogP contribution in [0, 0.1) is 16.0 Å². The molecule has 0 saturated heterocycles. The van der Waals surface area contributed by atoms with Crippen LogP contribution in [0.1, 0.15) is 44.7 Å². The van der Waals surface area contributed by atoms with Gasteiger partial charge in [-0.2, -0.15) is 0 Å². The summed E-state index contributed by atoms with van der Waals surface area (Å²) in [5, 5.41) is 11.4. The fourth-order valence-electron chi connectivity index (χ4n) is 4.40. The highest BCUT2D eigenvalue weighted by Crippen LogP contribution is 2.42.